The van der Waals surface area contributed by atoms with Crippen LogP contribution in [0.3, 0.4) is 0 Å². The van der Waals surface area contributed by atoms with E-state index in [9.17, 15) is 4.39 Å². The van der Waals surface area contributed by atoms with Crippen LogP contribution in [0.1, 0.15) is 5.56 Å². The fraction of sp³-hybridized carbons (Fsp3) is 0.143. The molecule has 0 atom stereocenters. The van der Waals surface area contributed by atoms with E-state index in [2.05, 4.69) is 0 Å². The van der Waals surface area contributed by atoms with Crippen LogP contribution < -0.4 is 10.5 Å². The van der Waals surface area contributed by atoms with Gasteiger partial charge >= 0.3 is 0 Å². The van der Waals surface area contributed by atoms with E-state index in [1.54, 1.807) is 24.9 Å². The summed E-state index contributed by atoms with van der Waals surface area (Å²) in [5.74, 6) is 1.18. The summed E-state index contributed by atoms with van der Waals surface area (Å²) >= 11 is 1.59. The summed E-state index contributed by atoms with van der Waals surface area (Å²) in [6.07, 6.45) is 0. The Hall–Kier alpha value is -1.68. The number of nitrogens with two attached hydrogens (primary N) is 1. The van der Waals surface area contributed by atoms with E-state index in [-0.39, 0.29) is 5.82 Å². The molecule has 0 amide bonds. The second-order valence-electron chi connectivity index (χ2n) is 3.83. The highest BCUT2D eigenvalue weighted by molar-refractivity contribution is 7.98. The minimum Gasteiger partial charge on any atom is -0.496 e. The molecule has 0 aliphatic carbocycles. The van der Waals surface area contributed by atoms with Gasteiger partial charge < -0.3 is 10.5 Å². The number of methoxy groups -OCH3 is 1. The number of halogens is 1. The van der Waals surface area contributed by atoms with Crippen LogP contribution in [0.15, 0.2) is 47.4 Å². The lowest BCUT2D eigenvalue weighted by Crippen LogP contribution is -1.91. The molecule has 2 N–H and O–H groups in total. The Kier molecular flexibility index (Phi) is 4.10. The number of thioether (sulfide) groups is 1. The minimum atomic E-state index is -0.300. The van der Waals surface area contributed by atoms with Crippen LogP contribution in [0.25, 0.3) is 0 Å². The van der Waals surface area contributed by atoms with Gasteiger partial charge in [-0.25, -0.2) is 4.39 Å². The average molecular weight is 263 g/mol. The average Bonchev–Trinajstić information content (AvgIpc) is 2.35. The summed E-state index contributed by atoms with van der Waals surface area (Å²) in [4.78, 5) is 1.03. The molecule has 94 valence electrons. The van der Waals surface area contributed by atoms with Crippen molar-refractivity contribution in [3.63, 3.8) is 0 Å². The molecule has 2 aromatic carbocycles. The van der Waals surface area contributed by atoms with E-state index < -0.39 is 0 Å². The zero-order valence-corrected chi connectivity index (χ0v) is 10.8. The molecule has 0 heterocycles. The first-order valence-electron chi connectivity index (χ1n) is 5.50. The standard InChI is InChI=1S/C14H14FNOS/c1-17-13-4-2-3-5-14(13)18-9-10-6-11(15)8-12(16)7-10/h2-8H,9,16H2,1H3. The first-order valence-corrected chi connectivity index (χ1v) is 6.48. The summed E-state index contributed by atoms with van der Waals surface area (Å²) in [5.41, 5.74) is 6.92. The van der Waals surface area contributed by atoms with Crippen molar-refractivity contribution in [1.82, 2.24) is 0 Å². The van der Waals surface area contributed by atoms with Crippen LogP contribution in [0.4, 0.5) is 10.1 Å². The maximum Gasteiger partial charge on any atom is 0.132 e. The lowest BCUT2D eigenvalue weighted by molar-refractivity contribution is 0.405. The first kappa shape index (κ1) is 12.8. The molecule has 0 unspecified atom stereocenters. The van der Waals surface area contributed by atoms with E-state index >= 15 is 0 Å². The number of hydrogen-bond donors (Lipinski definition) is 1. The van der Waals surface area contributed by atoms with Gasteiger partial charge in [-0.2, -0.15) is 0 Å². The summed E-state index contributed by atoms with van der Waals surface area (Å²) in [6.45, 7) is 0. The third-order valence-corrected chi connectivity index (χ3v) is 3.57. The van der Waals surface area contributed by atoms with Gasteiger partial charge in [0.2, 0.25) is 0 Å². The lowest BCUT2D eigenvalue weighted by atomic mass is 10.2. The zero-order chi connectivity index (χ0) is 13.0. The fourth-order valence-corrected chi connectivity index (χ4v) is 2.62. The number of ether oxygens (including phenoxy) is 1. The van der Waals surface area contributed by atoms with E-state index in [0.29, 0.717) is 11.4 Å². The van der Waals surface area contributed by atoms with Gasteiger partial charge in [0.15, 0.2) is 0 Å². The Labute approximate surface area is 110 Å². The number of para-hydroxylation sites is 1. The molecule has 0 fully saturated rings. The molecule has 0 bridgehead atoms. The number of anilines is 1. The summed E-state index contributed by atoms with van der Waals surface area (Å²) in [7, 11) is 1.64. The molecule has 0 aromatic heterocycles. The normalized spacial score (nSPS) is 10.3. The van der Waals surface area contributed by atoms with E-state index in [4.69, 9.17) is 10.5 Å². The molecule has 0 spiro atoms. The van der Waals surface area contributed by atoms with Crippen molar-refractivity contribution >= 4 is 17.4 Å². The van der Waals surface area contributed by atoms with E-state index in [1.165, 1.54) is 12.1 Å². The summed E-state index contributed by atoms with van der Waals surface area (Å²) < 4.78 is 18.4. The third-order valence-electron chi connectivity index (χ3n) is 2.44. The quantitative estimate of drug-likeness (QED) is 0.674. The molecular weight excluding hydrogens is 249 g/mol. The third kappa shape index (κ3) is 3.17. The molecule has 0 aliphatic rings. The molecule has 0 aliphatic heterocycles. The van der Waals surface area contributed by atoms with Crippen LogP contribution in [0.2, 0.25) is 0 Å². The smallest absolute Gasteiger partial charge is 0.132 e. The Morgan fingerprint density at radius 1 is 1.22 bits per heavy atom. The number of rotatable bonds is 4. The van der Waals surface area contributed by atoms with Gasteiger partial charge in [-0.1, -0.05) is 12.1 Å². The number of benzene rings is 2. The highest BCUT2D eigenvalue weighted by Crippen LogP contribution is 2.31. The second-order valence-corrected chi connectivity index (χ2v) is 4.85. The second kappa shape index (κ2) is 5.78. The number of hydrogen-bond acceptors (Lipinski definition) is 3. The van der Waals surface area contributed by atoms with Crippen molar-refractivity contribution in [2.45, 2.75) is 10.6 Å². The Balaban J connectivity index is 2.11. The highest BCUT2D eigenvalue weighted by Gasteiger charge is 2.04. The maximum absolute atomic E-state index is 13.2. The SMILES string of the molecule is COc1ccccc1SCc1cc(N)cc(F)c1. The Morgan fingerprint density at radius 2 is 2.00 bits per heavy atom. The van der Waals surface area contributed by atoms with Crippen molar-refractivity contribution in [3.8, 4) is 5.75 Å². The first-order chi connectivity index (χ1) is 8.69. The minimum absolute atomic E-state index is 0.300. The molecule has 2 nitrogen and oxygen atoms in total. The van der Waals surface area contributed by atoms with Crippen molar-refractivity contribution in [2.24, 2.45) is 0 Å². The van der Waals surface area contributed by atoms with Crippen LogP contribution in [0, 0.1) is 5.82 Å². The Bertz CT molecular complexity index is 525. The van der Waals surface area contributed by atoms with E-state index in [0.717, 1.165) is 16.2 Å². The molecule has 2 aromatic rings. The van der Waals surface area contributed by atoms with Crippen LogP contribution >= 0.6 is 11.8 Å². The summed E-state index contributed by atoms with van der Waals surface area (Å²) in [5, 5.41) is 0. The van der Waals surface area contributed by atoms with Crippen LogP contribution in [-0.4, -0.2) is 7.11 Å². The van der Waals surface area contributed by atoms with Gasteiger partial charge in [0.25, 0.3) is 0 Å². The van der Waals surface area contributed by atoms with Gasteiger partial charge in [-0.3, -0.25) is 0 Å². The molecule has 2 rings (SSSR count). The molecule has 0 saturated carbocycles. The zero-order valence-electron chi connectivity index (χ0n) is 10.0. The molecule has 0 radical (unpaired) electrons. The van der Waals surface area contributed by atoms with Gasteiger partial charge in [-0.05, 0) is 35.9 Å². The van der Waals surface area contributed by atoms with Gasteiger partial charge in [0, 0.05) is 16.3 Å². The summed E-state index contributed by atoms with van der Waals surface area (Å²) in [6, 6.07) is 12.4. The number of nitrogen functional groups attached to an aromatic ring is 1. The molecule has 18 heavy (non-hydrogen) atoms. The maximum atomic E-state index is 13.2. The van der Waals surface area contributed by atoms with Gasteiger partial charge in [0.05, 0.1) is 7.11 Å². The van der Waals surface area contributed by atoms with Crippen molar-refractivity contribution in [1.29, 1.82) is 0 Å². The highest BCUT2D eigenvalue weighted by atomic mass is 32.2. The van der Waals surface area contributed by atoms with Gasteiger partial charge in [0.1, 0.15) is 11.6 Å². The molecule has 0 saturated heterocycles. The lowest BCUT2D eigenvalue weighted by Gasteiger charge is -2.08. The largest absolute Gasteiger partial charge is 0.496 e. The monoisotopic (exact) mass is 263 g/mol. The van der Waals surface area contributed by atoms with Gasteiger partial charge in [-0.15, -0.1) is 11.8 Å². The van der Waals surface area contributed by atoms with Crippen LogP contribution in [-0.2, 0) is 5.75 Å². The Morgan fingerprint density at radius 3 is 2.72 bits per heavy atom. The van der Waals surface area contributed by atoms with Crippen molar-refractivity contribution in [2.75, 3.05) is 12.8 Å². The van der Waals surface area contributed by atoms with E-state index in [1.807, 2.05) is 24.3 Å². The van der Waals surface area contributed by atoms with Crippen molar-refractivity contribution < 1.29 is 9.13 Å². The predicted octanol–water partition coefficient (Wildman–Crippen LogP) is 3.71. The van der Waals surface area contributed by atoms with Crippen molar-refractivity contribution in [3.05, 3.63) is 53.8 Å². The topological polar surface area (TPSA) is 35.2 Å². The fourth-order valence-electron chi connectivity index (χ4n) is 1.66. The molecule has 4 heteroatoms. The predicted molar refractivity (Wildman–Crippen MR) is 73.4 cm³/mol. The van der Waals surface area contributed by atoms with Crippen LogP contribution in [0.5, 0.6) is 5.75 Å². The molecular formula is C14H14FNOS.